The first-order valence-corrected chi connectivity index (χ1v) is 7.30. The summed E-state index contributed by atoms with van der Waals surface area (Å²) in [6, 6.07) is 6.69. The monoisotopic (exact) mass is 352 g/mol. The van der Waals surface area contributed by atoms with Crippen molar-refractivity contribution >= 4 is 31.9 Å². The van der Waals surface area contributed by atoms with Gasteiger partial charge in [0.1, 0.15) is 5.82 Å². The van der Waals surface area contributed by atoms with Crippen molar-refractivity contribution in [1.29, 1.82) is 0 Å². The van der Waals surface area contributed by atoms with Crippen LogP contribution in [0.4, 0.5) is 4.39 Å². The molecule has 0 bridgehead atoms. The van der Waals surface area contributed by atoms with Crippen LogP contribution in [-0.2, 0) is 10.2 Å². The molecule has 0 amide bonds. The van der Waals surface area contributed by atoms with E-state index in [1.54, 1.807) is 7.11 Å². The Hall–Kier alpha value is 0.0700. The van der Waals surface area contributed by atoms with Crippen LogP contribution in [0.5, 0.6) is 0 Å². The van der Waals surface area contributed by atoms with Crippen molar-refractivity contribution in [2.75, 3.05) is 24.4 Å². The van der Waals surface area contributed by atoms with Crippen molar-refractivity contribution in [1.82, 2.24) is 0 Å². The van der Waals surface area contributed by atoms with Gasteiger partial charge >= 0.3 is 0 Å². The Morgan fingerprint density at radius 2 is 1.75 bits per heavy atom. The molecule has 0 unspecified atom stereocenters. The average Bonchev–Trinajstić information content (AvgIpc) is 2.33. The molecule has 0 aromatic heterocycles. The molecule has 1 aromatic carbocycles. The molecule has 0 saturated carbocycles. The molecule has 0 aliphatic heterocycles. The highest BCUT2D eigenvalue weighted by Crippen LogP contribution is 2.32. The third-order valence-electron chi connectivity index (χ3n) is 2.75. The zero-order valence-corrected chi connectivity index (χ0v) is 12.4. The van der Waals surface area contributed by atoms with Gasteiger partial charge in [-0.05, 0) is 24.1 Å². The Balaban J connectivity index is 2.95. The van der Waals surface area contributed by atoms with Gasteiger partial charge in [0.05, 0.1) is 0 Å². The van der Waals surface area contributed by atoms with Crippen LogP contribution in [0.3, 0.4) is 0 Å². The Labute approximate surface area is 113 Å². The topological polar surface area (TPSA) is 9.23 Å². The molecule has 0 heterocycles. The lowest BCUT2D eigenvalue weighted by molar-refractivity contribution is 0.177. The van der Waals surface area contributed by atoms with E-state index in [2.05, 4.69) is 31.9 Å². The smallest absolute Gasteiger partial charge is 0.123 e. The molecule has 0 N–H and O–H groups in total. The highest BCUT2D eigenvalue weighted by atomic mass is 79.9. The lowest BCUT2D eigenvalue weighted by Gasteiger charge is -2.30. The van der Waals surface area contributed by atoms with Crippen LogP contribution >= 0.6 is 31.9 Å². The summed E-state index contributed by atoms with van der Waals surface area (Å²) >= 11 is 7.08. The lowest BCUT2D eigenvalue weighted by Crippen LogP contribution is -2.31. The second kappa shape index (κ2) is 6.72. The van der Waals surface area contributed by atoms with Crippen LogP contribution in [0.1, 0.15) is 12.0 Å². The fraction of sp³-hybridized carbons (Fsp3) is 0.500. The highest BCUT2D eigenvalue weighted by Gasteiger charge is 2.29. The molecule has 90 valence electrons. The third-order valence-corrected chi connectivity index (χ3v) is 4.90. The van der Waals surface area contributed by atoms with E-state index in [1.807, 2.05) is 12.1 Å². The number of ether oxygens (including phenoxy) is 1. The Morgan fingerprint density at radius 1 is 1.19 bits per heavy atom. The van der Waals surface area contributed by atoms with Crippen LogP contribution in [0, 0.1) is 5.82 Å². The third kappa shape index (κ3) is 3.28. The molecule has 0 radical (unpaired) electrons. The van der Waals surface area contributed by atoms with Gasteiger partial charge in [0.25, 0.3) is 0 Å². The molecule has 1 rings (SSSR count). The summed E-state index contributed by atoms with van der Waals surface area (Å²) in [6.45, 7) is 0.689. The quantitative estimate of drug-likeness (QED) is 0.705. The van der Waals surface area contributed by atoms with E-state index in [0.29, 0.717) is 6.61 Å². The first-order valence-electron chi connectivity index (χ1n) is 5.05. The van der Waals surface area contributed by atoms with E-state index in [9.17, 15) is 4.39 Å². The zero-order valence-electron chi connectivity index (χ0n) is 9.18. The maximum absolute atomic E-state index is 12.9. The minimum atomic E-state index is -0.200. The molecule has 0 aliphatic rings. The van der Waals surface area contributed by atoms with E-state index in [1.165, 1.54) is 12.1 Å². The SMILES string of the molecule is COCCC(CBr)(CBr)c1ccc(F)cc1. The summed E-state index contributed by atoms with van der Waals surface area (Å²) in [5.41, 5.74) is 1.09. The van der Waals surface area contributed by atoms with Crippen molar-refractivity contribution in [2.45, 2.75) is 11.8 Å². The van der Waals surface area contributed by atoms with Gasteiger partial charge < -0.3 is 4.74 Å². The minimum absolute atomic E-state index is 0.0380. The molecular formula is C12H15Br2FO. The Bertz CT molecular complexity index is 309. The molecule has 0 aliphatic carbocycles. The summed E-state index contributed by atoms with van der Waals surface area (Å²) in [5, 5.41) is 1.64. The van der Waals surface area contributed by atoms with Gasteiger partial charge in [-0.3, -0.25) is 0 Å². The van der Waals surface area contributed by atoms with Crippen molar-refractivity contribution in [3.63, 3.8) is 0 Å². The van der Waals surface area contributed by atoms with Crippen LogP contribution in [-0.4, -0.2) is 24.4 Å². The molecule has 0 spiro atoms. The van der Waals surface area contributed by atoms with E-state index in [4.69, 9.17) is 4.74 Å². The molecule has 0 saturated heterocycles. The number of rotatable bonds is 6. The number of hydrogen-bond acceptors (Lipinski definition) is 1. The van der Waals surface area contributed by atoms with E-state index in [0.717, 1.165) is 22.6 Å². The minimum Gasteiger partial charge on any atom is -0.385 e. The second-order valence-corrected chi connectivity index (χ2v) is 4.92. The van der Waals surface area contributed by atoms with E-state index < -0.39 is 0 Å². The maximum Gasteiger partial charge on any atom is 0.123 e. The summed E-state index contributed by atoms with van der Waals surface area (Å²) in [4.78, 5) is 0. The van der Waals surface area contributed by atoms with Crippen molar-refractivity contribution in [3.05, 3.63) is 35.6 Å². The van der Waals surface area contributed by atoms with Gasteiger partial charge in [-0.1, -0.05) is 44.0 Å². The fourth-order valence-electron chi connectivity index (χ4n) is 1.57. The largest absolute Gasteiger partial charge is 0.385 e. The number of hydrogen-bond donors (Lipinski definition) is 0. The molecule has 16 heavy (non-hydrogen) atoms. The summed E-state index contributed by atoms with van der Waals surface area (Å²) in [6.07, 6.45) is 0.894. The summed E-state index contributed by atoms with van der Waals surface area (Å²) < 4.78 is 18.0. The number of methoxy groups -OCH3 is 1. The predicted octanol–water partition coefficient (Wildman–Crippen LogP) is 3.89. The van der Waals surface area contributed by atoms with Gasteiger partial charge in [0, 0.05) is 29.8 Å². The van der Waals surface area contributed by atoms with Crippen LogP contribution in [0.25, 0.3) is 0 Å². The Morgan fingerprint density at radius 3 is 2.19 bits per heavy atom. The molecular weight excluding hydrogens is 339 g/mol. The van der Waals surface area contributed by atoms with Crippen molar-refractivity contribution in [3.8, 4) is 0 Å². The van der Waals surface area contributed by atoms with Crippen molar-refractivity contribution in [2.24, 2.45) is 0 Å². The average molecular weight is 354 g/mol. The predicted molar refractivity (Wildman–Crippen MR) is 72.2 cm³/mol. The number of benzene rings is 1. The first-order chi connectivity index (χ1) is 7.68. The number of halogens is 3. The summed E-state index contributed by atoms with van der Waals surface area (Å²) in [7, 11) is 1.69. The van der Waals surface area contributed by atoms with Gasteiger partial charge in [-0.2, -0.15) is 0 Å². The fourth-order valence-corrected chi connectivity index (χ4v) is 3.71. The molecule has 0 fully saturated rings. The molecule has 4 heteroatoms. The molecule has 1 nitrogen and oxygen atoms in total. The van der Waals surface area contributed by atoms with Crippen molar-refractivity contribution < 1.29 is 9.13 Å². The van der Waals surface area contributed by atoms with Crippen LogP contribution < -0.4 is 0 Å². The zero-order chi connectivity index (χ0) is 12.0. The highest BCUT2D eigenvalue weighted by molar-refractivity contribution is 9.09. The van der Waals surface area contributed by atoms with Crippen LogP contribution in [0.15, 0.2) is 24.3 Å². The van der Waals surface area contributed by atoms with Crippen LogP contribution in [0.2, 0.25) is 0 Å². The second-order valence-electron chi connectivity index (χ2n) is 3.80. The molecule has 0 atom stereocenters. The standard InChI is InChI=1S/C12H15Br2FO/c1-16-7-6-12(8-13,9-14)10-2-4-11(15)5-3-10/h2-5H,6-9H2,1H3. The van der Waals surface area contributed by atoms with Gasteiger partial charge in [0.2, 0.25) is 0 Å². The van der Waals surface area contributed by atoms with Gasteiger partial charge in [-0.25, -0.2) is 4.39 Å². The lowest BCUT2D eigenvalue weighted by atomic mass is 9.82. The van der Waals surface area contributed by atoms with Gasteiger partial charge in [-0.15, -0.1) is 0 Å². The van der Waals surface area contributed by atoms with E-state index >= 15 is 0 Å². The van der Waals surface area contributed by atoms with E-state index in [-0.39, 0.29) is 11.2 Å². The maximum atomic E-state index is 12.9. The normalized spacial score (nSPS) is 11.8. The molecule has 1 aromatic rings. The van der Waals surface area contributed by atoms with Gasteiger partial charge in [0.15, 0.2) is 0 Å². The number of alkyl halides is 2. The summed E-state index contributed by atoms with van der Waals surface area (Å²) in [5.74, 6) is -0.200. The first kappa shape index (κ1) is 14.1. The Kier molecular flexibility index (Phi) is 5.94.